The summed E-state index contributed by atoms with van der Waals surface area (Å²) in [6, 6.07) is 2.69. The lowest BCUT2D eigenvalue weighted by atomic mass is 9.96. The molecule has 4 amide bonds. The average molecular weight is 1000 g/mol. The molecule has 4 aliphatic heterocycles. The molecule has 1 aliphatic carbocycles. The number of amides is 4. The molecule has 5 atom stereocenters. The largest absolute Gasteiger partial charge is 0.511 e. The molecule has 2 aromatic rings. The number of fused-ring (bicyclic) bond motifs is 3. The van der Waals surface area contributed by atoms with Crippen LogP contribution in [0.4, 0.5) is 18.4 Å². The molecule has 7 rings (SSSR count). The minimum atomic E-state index is -5.77. The molecule has 1 N–H and O–H groups in total. The van der Waals surface area contributed by atoms with Gasteiger partial charge in [-0.2, -0.15) is 8.78 Å². The van der Waals surface area contributed by atoms with Crippen molar-refractivity contribution in [2.24, 2.45) is 17.8 Å². The van der Waals surface area contributed by atoms with Gasteiger partial charge in [-0.25, -0.2) is 9.59 Å². The van der Waals surface area contributed by atoms with Crippen molar-refractivity contribution in [2.45, 2.75) is 94.8 Å². The normalized spacial score (nSPS) is 23.4. The number of rotatable bonds is 18. The van der Waals surface area contributed by atoms with Crippen molar-refractivity contribution >= 4 is 65.0 Å². The van der Waals surface area contributed by atoms with Crippen LogP contribution >= 0.6 is 18.9 Å². The molecule has 68 heavy (non-hydrogen) atoms. The number of benzene rings is 1. The second kappa shape index (κ2) is 20.8. The summed E-state index contributed by atoms with van der Waals surface area (Å²) >= 11 is 0.972. The molecule has 5 fully saturated rings. The lowest BCUT2D eigenvalue weighted by molar-refractivity contribution is -0.156. The Morgan fingerprint density at radius 2 is 1.43 bits per heavy atom. The summed E-state index contributed by atoms with van der Waals surface area (Å²) in [7, 11) is -3.04. The van der Waals surface area contributed by atoms with Crippen LogP contribution in [0.25, 0.3) is 10.1 Å². The summed E-state index contributed by atoms with van der Waals surface area (Å²) in [4.78, 5) is 85.1. The molecule has 1 aromatic heterocycles. The fourth-order valence-corrected chi connectivity index (χ4v) is 11.4. The van der Waals surface area contributed by atoms with E-state index in [2.05, 4.69) is 5.32 Å². The highest BCUT2D eigenvalue weighted by atomic mass is 32.1. The molecule has 0 unspecified atom stereocenters. The Kier molecular flexibility index (Phi) is 15.7. The minimum absolute atomic E-state index is 0.00453. The van der Waals surface area contributed by atoms with Crippen LogP contribution in [0, 0.1) is 17.8 Å². The number of hydrogen-bond donors (Lipinski definition) is 1. The van der Waals surface area contributed by atoms with Gasteiger partial charge in [0.2, 0.25) is 31.3 Å². The van der Waals surface area contributed by atoms with Crippen molar-refractivity contribution < 1.29 is 84.3 Å². The van der Waals surface area contributed by atoms with Gasteiger partial charge in [-0.3, -0.25) is 32.8 Å². The number of thiophene rings is 1. The number of hydrogen-bond acceptors (Lipinski definition) is 17. The van der Waals surface area contributed by atoms with E-state index in [9.17, 15) is 33.3 Å². The van der Waals surface area contributed by atoms with Gasteiger partial charge in [0.25, 0.3) is 5.91 Å². The van der Waals surface area contributed by atoms with E-state index < -0.39 is 73.9 Å². The Bertz CT molecular complexity index is 2230. The summed E-state index contributed by atoms with van der Waals surface area (Å²) in [6.45, 7) is 5.72. The second-order valence-electron chi connectivity index (χ2n) is 18.9. The van der Waals surface area contributed by atoms with E-state index >= 15 is 8.78 Å². The maximum atomic E-state index is 16.5. The molecule has 0 radical (unpaired) electrons. The maximum Gasteiger partial charge on any atom is 0.511 e. The zero-order valence-corrected chi connectivity index (χ0v) is 40.6. The van der Waals surface area contributed by atoms with Crippen LogP contribution in [-0.4, -0.2) is 160 Å². The third kappa shape index (κ3) is 11.7. The number of carbonyl (C=O) groups excluding carboxylic acids is 6. The zero-order chi connectivity index (χ0) is 49.2. The molecule has 0 spiro atoms. The van der Waals surface area contributed by atoms with Crippen LogP contribution < -0.4 is 5.32 Å². The van der Waals surface area contributed by atoms with Gasteiger partial charge in [0, 0.05) is 56.7 Å². The van der Waals surface area contributed by atoms with Gasteiger partial charge in [-0.05, 0) is 95.2 Å². The van der Waals surface area contributed by atoms with Crippen LogP contribution in [0.5, 0.6) is 0 Å². The van der Waals surface area contributed by atoms with E-state index in [0.29, 0.717) is 56.2 Å². The van der Waals surface area contributed by atoms with E-state index in [1.807, 2.05) is 0 Å². The van der Waals surface area contributed by atoms with E-state index in [1.165, 1.54) is 54.0 Å². The van der Waals surface area contributed by atoms with Crippen molar-refractivity contribution in [1.82, 2.24) is 20.0 Å². The van der Waals surface area contributed by atoms with Crippen LogP contribution in [0.1, 0.15) is 75.0 Å². The number of morpholine rings is 1. The third-order valence-corrected chi connectivity index (χ3v) is 15.6. The summed E-state index contributed by atoms with van der Waals surface area (Å²) in [6.07, 6.45) is 0.415. The van der Waals surface area contributed by atoms with E-state index in [4.69, 9.17) is 42.2 Å². The Hall–Kier alpha value is -4.51. The maximum absolute atomic E-state index is 16.5. The highest BCUT2D eigenvalue weighted by Gasteiger charge is 2.57. The fraction of sp³-hybridized carbons (Fsp3) is 0.682. The van der Waals surface area contributed by atoms with Crippen LogP contribution in [-0.2, 0) is 66.8 Å². The van der Waals surface area contributed by atoms with Crippen molar-refractivity contribution in [3.63, 3.8) is 0 Å². The first-order valence-corrected chi connectivity index (χ1v) is 24.8. The Labute approximate surface area is 395 Å². The minimum Gasteiger partial charge on any atom is -0.426 e. The van der Waals surface area contributed by atoms with Gasteiger partial charge < -0.3 is 53.2 Å². The summed E-state index contributed by atoms with van der Waals surface area (Å²) in [5, 5.41) is 3.02. The Balaban J connectivity index is 1.03. The van der Waals surface area contributed by atoms with Crippen LogP contribution in [0.2, 0.25) is 0 Å². The first kappa shape index (κ1) is 51.3. The van der Waals surface area contributed by atoms with Gasteiger partial charge >= 0.3 is 25.6 Å². The third-order valence-electron chi connectivity index (χ3n) is 12.6. The number of nitrogens with one attached hydrogen (secondary N) is 1. The molecule has 0 bridgehead atoms. The highest BCUT2D eigenvalue weighted by Crippen LogP contribution is 2.67. The van der Waals surface area contributed by atoms with Crippen LogP contribution in [0.3, 0.4) is 0 Å². The van der Waals surface area contributed by atoms with Crippen molar-refractivity contribution in [3.8, 4) is 0 Å². The molecule has 5 heterocycles. The van der Waals surface area contributed by atoms with E-state index in [-0.39, 0.29) is 72.2 Å². The topological polar surface area (TPSA) is 224 Å². The fourth-order valence-electron chi connectivity index (χ4n) is 9.18. The SMILES string of the molecule is COCC(C)(C)OC(=O)OCOP(=O)(OCOC(=O)OC(C)(C)COC)C(F)(F)c1ccc2sc(C(=O)N[C@H]3C[C@@H]4C[C@@H]4C[C@H]4CC[C@@H](C(=O)N5CC(C(=O)N6CCOCC6)C5)N4C3=O)cc2c1. The molecular formula is C44H59F2N4O16PS. The van der Waals surface area contributed by atoms with Crippen LogP contribution in [0.15, 0.2) is 24.3 Å². The second-order valence-corrected chi connectivity index (χ2v) is 22.1. The number of halogens is 2. The first-order valence-electron chi connectivity index (χ1n) is 22.4. The Morgan fingerprint density at radius 3 is 2.03 bits per heavy atom. The molecule has 24 heteroatoms. The van der Waals surface area contributed by atoms with E-state index in [0.717, 1.165) is 36.3 Å². The number of ether oxygens (including phenoxy) is 7. The van der Waals surface area contributed by atoms with Gasteiger partial charge in [-0.15, -0.1) is 11.3 Å². The van der Waals surface area contributed by atoms with Crippen molar-refractivity contribution in [2.75, 3.05) is 80.4 Å². The van der Waals surface area contributed by atoms with Crippen molar-refractivity contribution in [3.05, 3.63) is 34.7 Å². The number of nitrogens with zero attached hydrogens (tertiary/aromatic N) is 3. The number of alkyl halides is 2. The highest BCUT2D eigenvalue weighted by molar-refractivity contribution is 7.54. The first-order chi connectivity index (χ1) is 32.1. The molecule has 376 valence electrons. The van der Waals surface area contributed by atoms with Crippen molar-refractivity contribution in [1.29, 1.82) is 0 Å². The lowest BCUT2D eigenvalue weighted by Crippen LogP contribution is -2.62. The summed E-state index contributed by atoms with van der Waals surface area (Å²) < 4.78 is 92.4. The number of methoxy groups -OCH3 is 2. The molecule has 1 aromatic carbocycles. The smallest absolute Gasteiger partial charge is 0.426 e. The van der Waals surface area contributed by atoms with Gasteiger partial charge in [0.15, 0.2) is 0 Å². The molecular weight excluding hydrogens is 942 g/mol. The predicted molar refractivity (Wildman–Crippen MR) is 235 cm³/mol. The summed E-state index contributed by atoms with van der Waals surface area (Å²) in [5.41, 5.74) is -7.76. The van der Waals surface area contributed by atoms with Gasteiger partial charge in [-0.1, -0.05) is 6.07 Å². The quantitative estimate of drug-likeness (QED) is 0.111. The molecule has 1 saturated carbocycles. The lowest BCUT2D eigenvalue weighted by Gasteiger charge is -2.44. The average Bonchev–Trinajstić information content (AvgIpc) is 3.60. The standard InChI is InChI=1S/C44H59F2N4O16PS/c1-42(2,22-58-5)65-40(55)61-24-63-67(57,64-25-62-41(56)66-43(3,4)23-59-6)44(45,46)30-7-10-34-28(16-30)19-35(68-34)36(51)47-32-18-27-15-26(27)17-31-8-9-33(50(31)38(32)53)39(54)49-20-29(21-49)37(52)48-11-13-60-14-12-48/h7,10,16,19,26-27,29,31-33H,8-9,11-15,17-18,20-25H2,1-6H3,(H,47,51)/t26-,27+,31-,32+,33+/m1/s1. The number of carbonyl (C=O) groups is 6. The summed E-state index contributed by atoms with van der Waals surface area (Å²) in [5.74, 6) is -0.955. The monoisotopic (exact) mass is 1000 g/mol. The zero-order valence-electron chi connectivity index (χ0n) is 38.9. The molecule has 20 nitrogen and oxygen atoms in total. The molecule has 5 aliphatic rings. The van der Waals surface area contributed by atoms with E-state index in [1.54, 1.807) is 14.7 Å². The molecule has 4 saturated heterocycles. The number of likely N-dealkylation sites (tertiary alicyclic amines) is 1. The van der Waals surface area contributed by atoms with Gasteiger partial charge in [0.1, 0.15) is 23.3 Å². The predicted octanol–water partition coefficient (Wildman–Crippen LogP) is 5.45. The van der Waals surface area contributed by atoms with Gasteiger partial charge in [0.05, 0.1) is 37.2 Å². The Morgan fingerprint density at radius 1 is 0.824 bits per heavy atom.